The Morgan fingerprint density at radius 3 is 2.63 bits per heavy atom. The highest BCUT2D eigenvalue weighted by atomic mass is 35.5. The van der Waals surface area contributed by atoms with Crippen LogP contribution in [0.25, 0.3) is 11.0 Å². The number of fused-ring (bicyclic) bond motifs is 1. The highest BCUT2D eigenvalue weighted by Gasteiger charge is 2.35. The van der Waals surface area contributed by atoms with Crippen LogP contribution in [-0.4, -0.2) is 18.4 Å². The number of carbonyl (C=O) groups excluding carboxylic acids is 2. The zero-order valence-corrected chi connectivity index (χ0v) is 14.9. The molecule has 1 fully saturated rings. The number of halogens is 1. The lowest BCUT2D eigenvalue weighted by Crippen LogP contribution is -2.28. The number of carbonyl (C=O) groups is 2. The average molecular weight is 383 g/mol. The Bertz CT molecular complexity index is 1090. The number of hydrogen-bond donors (Lipinski definition) is 1. The van der Waals surface area contributed by atoms with Gasteiger partial charge in [-0.3, -0.25) is 9.59 Å². The van der Waals surface area contributed by atoms with Crippen LogP contribution in [0.4, 0.5) is 11.4 Å². The van der Waals surface area contributed by atoms with Crippen molar-refractivity contribution in [1.29, 1.82) is 0 Å². The molecule has 3 aromatic rings. The number of anilines is 2. The third-order valence-corrected chi connectivity index (χ3v) is 4.77. The van der Waals surface area contributed by atoms with E-state index >= 15 is 0 Å². The molecule has 27 heavy (non-hydrogen) atoms. The number of benzene rings is 2. The number of nitrogens with one attached hydrogen (secondary N) is 1. The van der Waals surface area contributed by atoms with E-state index in [4.69, 9.17) is 16.0 Å². The van der Waals surface area contributed by atoms with E-state index in [2.05, 4.69) is 5.32 Å². The molecule has 1 aliphatic rings. The number of rotatable bonds is 3. The van der Waals surface area contributed by atoms with Crippen molar-refractivity contribution in [2.75, 3.05) is 16.8 Å². The van der Waals surface area contributed by atoms with Crippen LogP contribution < -0.4 is 15.8 Å². The first-order valence-electron chi connectivity index (χ1n) is 8.40. The molecule has 7 heteroatoms. The van der Waals surface area contributed by atoms with Gasteiger partial charge in [0.1, 0.15) is 5.58 Å². The molecule has 1 saturated heterocycles. The summed E-state index contributed by atoms with van der Waals surface area (Å²) in [6, 6.07) is 14.9. The highest BCUT2D eigenvalue weighted by Crippen LogP contribution is 2.27. The summed E-state index contributed by atoms with van der Waals surface area (Å²) in [6.07, 6.45) is 0.150. The van der Waals surface area contributed by atoms with Gasteiger partial charge in [0.15, 0.2) is 0 Å². The molecule has 4 rings (SSSR count). The lowest BCUT2D eigenvalue weighted by molar-refractivity contribution is -0.122. The van der Waals surface area contributed by atoms with E-state index < -0.39 is 11.5 Å². The van der Waals surface area contributed by atoms with E-state index in [1.807, 2.05) is 0 Å². The maximum absolute atomic E-state index is 12.6. The largest absolute Gasteiger partial charge is 0.423 e. The SMILES string of the molecule is O=C(Nc1ccc2oc(=O)ccc2c1)[C@H]1CC(=O)N(c2ccc(Cl)cc2)C1. The minimum absolute atomic E-state index is 0.0993. The summed E-state index contributed by atoms with van der Waals surface area (Å²) >= 11 is 5.88. The molecule has 1 aromatic heterocycles. The molecule has 0 unspecified atom stereocenters. The summed E-state index contributed by atoms with van der Waals surface area (Å²) in [6.45, 7) is 0.314. The third kappa shape index (κ3) is 3.57. The van der Waals surface area contributed by atoms with E-state index in [0.717, 1.165) is 5.69 Å². The summed E-state index contributed by atoms with van der Waals surface area (Å²) in [7, 11) is 0. The van der Waals surface area contributed by atoms with Gasteiger partial charge >= 0.3 is 5.63 Å². The summed E-state index contributed by atoms with van der Waals surface area (Å²) in [5, 5.41) is 4.13. The van der Waals surface area contributed by atoms with Gasteiger partial charge in [-0.25, -0.2) is 4.79 Å². The molecular formula is C20H15ClN2O4. The van der Waals surface area contributed by atoms with Crippen LogP contribution in [0, 0.1) is 5.92 Å². The summed E-state index contributed by atoms with van der Waals surface area (Å²) < 4.78 is 5.08. The van der Waals surface area contributed by atoms with Crippen LogP contribution in [0.15, 0.2) is 63.8 Å². The standard InChI is InChI=1S/C20H15ClN2O4/c21-14-2-5-16(6-3-14)23-11-13(10-18(23)24)20(26)22-15-4-7-17-12(9-15)1-8-19(25)27-17/h1-9,13H,10-11H2,(H,22,26)/t13-/m0/s1. The van der Waals surface area contributed by atoms with Crippen molar-refractivity contribution in [1.82, 2.24) is 0 Å². The second-order valence-electron chi connectivity index (χ2n) is 6.38. The molecule has 2 aromatic carbocycles. The van der Waals surface area contributed by atoms with Gasteiger partial charge in [0.2, 0.25) is 11.8 Å². The second kappa shape index (κ2) is 6.89. The van der Waals surface area contributed by atoms with Crippen LogP contribution in [-0.2, 0) is 9.59 Å². The van der Waals surface area contributed by atoms with Gasteiger partial charge in [0.25, 0.3) is 0 Å². The molecule has 0 spiro atoms. The fraction of sp³-hybridized carbons (Fsp3) is 0.150. The van der Waals surface area contributed by atoms with Gasteiger partial charge < -0.3 is 14.6 Å². The fourth-order valence-corrected chi connectivity index (χ4v) is 3.27. The normalized spacial score (nSPS) is 16.7. The zero-order chi connectivity index (χ0) is 19.0. The monoisotopic (exact) mass is 382 g/mol. The molecule has 0 saturated carbocycles. The predicted octanol–water partition coefficient (Wildman–Crippen LogP) is 3.44. The first kappa shape index (κ1) is 17.3. The fourth-order valence-electron chi connectivity index (χ4n) is 3.15. The molecule has 0 bridgehead atoms. The van der Waals surface area contributed by atoms with Crippen LogP contribution in [0.2, 0.25) is 5.02 Å². The van der Waals surface area contributed by atoms with Crippen LogP contribution in [0.1, 0.15) is 6.42 Å². The molecule has 0 aliphatic carbocycles. The molecule has 0 radical (unpaired) electrons. The molecule has 2 amide bonds. The van der Waals surface area contributed by atoms with Crippen LogP contribution in [0.5, 0.6) is 0 Å². The molecule has 6 nitrogen and oxygen atoms in total. The quantitative estimate of drug-likeness (QED) is 0.704. The van der Waals surface area contributed by atoms with Crippen LogP contribution in [0.3, 0.4) is 0 Å². The molecule has 136 valence electrons. The Hall–Kier alpha value is -3.12. The number of amides is 2. The average Bonchev–Trinajstić information content (AvgIpc) is 3.04. The van der Waals surface area contributed by atoms with Crippen molar-refractivity contribution < 1.29 is 14.0 Å². The van der Waals surface area contributed by atoms with E-state index in [1.165, 1.54) is 6.07 Å². The second-order valence-corrected chi connectivity index (χ2v) is 6.81. The molecule has 2 heterocycles. The van der Waals surface area contributed by atoms with Crippen molar-refractivity contribution in [2.45, 2.75) is 6.42 Å². The Morgan fingerprint density at radius 1 is 1.07 bits per heavy atom. The van der Waals surface area contributed by atoms with Gasteiger partial charge in [-0.2, -0.15) is 0 Å². The molecule has 1 N–H and O–H groups in total. The van der Waals surface area contributed by atoms with E-state index in [0.29, 0.717) is 28.2 Å². The van der Waals surface area contributed by atoms with Crippen molar-refractivity contribution >= 4 is 45.8 Å². The van der Waals surface area contributed by atoms with E-state index in [1.54, 1.807) is 53.4 Å². The van der Waals surface area contributed by atoms with Crippen LogP contribution >= 0.6 is 11.6 Å². The van der Waals surface area contributed by atoms with Crippen molar-refractivity contribution in [3.05, 3.63) is 70.0 Å². The van der Waals surface area contributed by atoms with Gasteiger partial charge in [-0.05, 0) is 48.5 Å². The third-order valence-electron chi connectivity index (χ3n) is 4.52. The number of hydrogen-bond acceptors (Lipinski definition) is 4. The Balaban J connectivity index is 1.48. The maximum Gasteiger partial charge on any atom is 0.336 e. The summed E-state index contributed by atoms with van der Waals surface area (Å²) in [5.74, 6) is -0.771. The Labute approximate surface area is 159 Å². The Morgan fingerprint density at radius 2 is 1.85 bits per heavy atom. The summed E-state index contributed by atoms with van der Waals surface area (Å²) in [5.41, 5.74) is 1.33. The molecule has 1 aliphatic heterocycles. The first-order valence-corrected chi connectivity index (χ1v) is 8.78. The van der Waals surface area contributed by atoms with Crippen molar-refractivity contribution in [2.24, 2.45) is 5.92 Å². The van der Waals surface area contributed by atoms with Gasteiger partial charge in [-0.15, -0.1) is 0 Å². The lowest BCUT2D eigenvalue weighted by atomic mass is 10.1. The molecule has 1 atom stereocenters. The van der Waals surface area contributed by atoms with Gasteiger partial charge in [-0.1, -0.05) is 11.6 Å². The predicted molar refractivity (Wildman–Crippen MR) is 103 cm³/mol. The topological polar surface area (TPSA) is 79.6 Å². The first-order chi connectivity index (χ1) is 13.0. The minimum atomic E-state index is -0.447. The Kier molecular flexibility index (Phi) is 4.41. The zero-order valence-electron chi connectivity index (χ0n) is 14.1. The maximum atomic E-state index is 12.6. The highest BCUT2D eigenvalue weighted by molar-refractivity contribution is 6.30. The minimum Gasteiger partial charge on any atom is -0.423 e. The van der Waals surface area contributed by atoms with Crippen molar-refractivity contribution in [3.63, 3.8) is 0 Å². The van der Waals surface area contributed by atoms with Gasteiger partial charge in [0.05, 0.1) is 5.92 Å². The summed E-state index contributed by atoms with van der Waals surface area (Å²) in [4.78, 5) is 37.7. The smallest absolute Gasteiger partial charge is 0.336 e. The van der Waals surface area contributed by atoms with Gasteiger partial charge in [0, 0.05) is 40.8 Å². The van der Waals surface area contributed by atoms with Crippen molar-refractivity contribution in [3.8, 4) is 0 Å². The van der Waals surface area contributed by atoms with E-state index in [9.17, 15) is 14.4 Å². The number of nitrogens with zero attached hydrogens (tertiary/aromatic N) is 1. The lowest BCUT2D eigenvalue weighted by Gasteiger charge is -2.16. The van der Waals surface area contributed by atoms with E-state index in [-0.39, 0.29) is 18.2 Å². The molecular weight excluding hydrogens is 368 g/mol.